The third-order valence-electron chi connectivity index (χ3n) is 20.3. The Morgan fingerprint density at radius 2 is 1.07 bits per heavy atom. The molecule has 4 aromatic carbocycles. The second kappa shape index (κ2) is 50.3. The highest BCUT2D eigenvalue weighted by Crippen LogP contribution is 2.26. The number of aromatic amines is 1. The van der Waals surface area contributed by atoms with Gasteiger partial charge in [0.1, 0.15) is 72.6 Å². The molecule has 1 aliphatic heterocycles. The number of carbonyl (C=O) groups excluding carboxylic acids is 17. The number of aliphatic carboxylic acids is 4. The second-order valence-corrected chi connectivity index (χ2v) is 30.5. The van der Waals surface area contributed by atoms with Gasteiger partial charge in [0.25, 0.3) is 5.91 Å². The van der Waals surface area contributed by atoms with E-state index in [-0.39, 0.29) is 48.3 Å². The number of ether oxygens (including phenoxy) is 1. The molecular formula is C83H108N18O27. The molecule has 0 aliphatic carbocycles. The molecule has 0 bridgehead atoms. The number of aromatic nitrogens is 1. The van der Waals surface area contributed by atoms with Crippen LogP contribution in [0.4, 0.5) is 11.4 Å². The lowest BCUT2D eigenvalue weighted by Crippen LogP contribution is -2.62. The molecule has 1 aromatic heterocycles. The van der Waals surface area contributed by atoms with Crippen molar-refractivity contribution < 1.29 is 131 Å². The molecule has 1 aliphatic rings. The van der Waals surface area contributed by atoms with Gasteiger partial charge in [0.15, 0.2) is 5.78 Å². The second-order valence-electron chi connectivity index (χ2n) is 30.5. The molecule has 45 nitrogen and oxygen atoms in total. The minimum atomic E-state index is -2.51. The summed E-state index contributed by atoms with van der Waals surface area (Å²) in [5, 5.41) is 83.1. The summed E-state index contributed by atoms with van der Waals surface area (Å²) in [6.45, 7) is 0.809. The van der Waals surface area contributed by atoms with Gasteiger partial charge in [0, 0.05) is 59.8 Å². The van der Waals surface area contributed by atoms with Crippen molar-refractivity contribution in [1.29, 1.82) is 0 Å². The van der Waals surface area contributed by atoms with Gasteiger partial charge in [-0.15, -0.1) is 0 Å². The molecule has 0 spiro atoms. The summed E-state index contributed by atoms with van der Waals surface area (Å²) in [5.74, 6) is -31.1. The van der Waals surface area contributed by atoms with E-state index in [1.165, 1.54) is 30.3 Å². The normalized spacial score (nSPS) is 20.2. The number of hydrogen-bond donors (Lipinski definition) is 23. The molecule has 128 heavy (non-hydrogen) atoms. The first-order valence-electron chi connectivity index (χ1n) is 41.0. The van der Waals surface area contributed by atoms with Crippen LogP contribution in [0.15, 0.2) is 91.1 Å². The first-order chi connectivity index (χ1) is 60.7. The van der Waals surface area contributed by atoms with Crippen LogP contribution < -0.4 is 91.6 Å². The van der Waals surface area contributed by atoms with Gasteiger partial charge in [0.05, 0.1) is 57.4 Å². The zero-order chi connectivity index (χ0) is 94.6. The number of ketones is 1. The number of H-pyrrole nitrogens is 1. The van der Waals surface area contributed by atoms with Crippen molar-refractivity contribution in [3.05, 3.63) is 108 Å². The SMILES string of the molecule is CCCCCCCCCC(=O)NC(Cc1c[nH]c2ccccc12)C(=O)NC(CC(N)=O)C(=O)NC(CC(=O)O)C(=O)NC1C(=O)NCC(=O)NC(CCCNC(=O)c2c(N)ccc3ccccc23)C(=O)NC(CC(=O)O)C(=O)NC(C)C(=O)NC(CC(=O)O)C(=O)NCC(=O)NC(CO)C(=O)NC(C(C)CC(=O)O)C(=O)NC(CC(=O)c2ccccc2N)C(=O)OC1C. The number of rotatable bonds is 37. The van der Waals surface area contributed by atoms with Crippen molar-refractivity contribution in [1.82, 2.24) is 79.4 Å². The Balaban J connectivity index is 1.44. The highest BCUT2D eigenvalue weighted by molar-refractivity contribution is 6.12. The summed E-state index contributed by atoms with van der Waals surface area (Å²) >= 11 is 0. The monoisotopic (exact) mass is 1790 g/mol. The number of cyclic esters (lactones) is 1. The zero-order valence-electron chi connectivity index (χ0n) is 70.5. The largest absolute Gasteiger partial charge is 0.481 e. The lowest BCUT2D eigenvalue weighted by Gasteiger charge is -2.30. The van der Waals surface area contributed by atoms with Crippen LogP contribution in [0.2, 0.25) is 0 Å². The number of hydrogen-bond acceptors (Lipinski definition) is 25. The quantitative estimate of drug-likeness (QED) is 0.00797. The predicted octanol–water partition coefficient (Wildman–Crippen LogP) is -3.42. The maximum Gasteiger partial charge on any atom is 0.329 e. The Hall–Kier alpha value is -14.7. The van der Waals surface area contributed by atoms with Crippen molar-refractivity contribution in [2.45, 2.75) is 209 Å². The number of Topliss-reactive ketones (excluding diaryl/α,β-unsaturated/α-hetero) is 1. The number of primary amides is 1. The van der Waals surface area contributed by atoms with Crippen LogP contribution in [0, 0.1) is 5.92 Å². The lowest BCUT2D eigenvalue weighted by atomic mass is 9.96. The van der Waals surface area contributed by atoms with Crippen LogP contribution in [0.25, 0.3) is 21.7 Å². The summed E-state index contributed by atoms with van der Waals surface area (Å²) in [6, 6.07) is -1.38. The number of anilines is 2. The minimum absolute atomic E-state index is 0.0331. The van der Waals surface area contributed by atoms with E-state index in [1.54, 1.807) is 60.8 Å². The van der Waals surface area contributed by atoms with Gasteiger partial charge in [0.2, 0.25) is 82.7 Å². The van der Waals surface area contributed by atoms with E-state index in [0.29, 0.717) is 40.1 Å². The summed E-state index contributed by atoms with van der Waals surface area (Å²) < 4.78 is 5.74. The van der Waals surface area contributed by atoms with Gasteiger partial charge in [-0.1, -0.05) is 113 Å². The zero-order valence-corrected chi connectivity index (χ0v) is 70.5. The summed E-state index contributed by atoms with van der Waals surface area (Å²) in [4.78, 5) is 294. The van der Waals surface area contributed by atoms with Crippen LogP contribution in [-0.2, 0) is 102 Å². The summed E-state index contributed by atoms with van der Waals surface area (Å²) in [7, 11) is 0. The first kappa shape index (κ1) is 102. The Bertz CT molecular complexity index is 4940. The van der Waals surface area contributed by atoms with E-state index in [4.69, 9.17) is 21.9 Å². The summed E-state index contributed by atoms with van der Waals surface area (Å²) in [5.41, 5.74) is 18.7. The Morgan fingerprint density at radius 1 is 0.516 bits per heavy atom. The number of carboxylic acids is 4. The summed E-state index contributed by atoms with van der Waals surface area (Å²) in [6.07, 6.45) is -3.03. The van der Waals surface area contributed by atoms with E-state index in [0.717, 1.165) is 52.9 Å². The molecule has 1 fully saturated rings. The van der Waals surface area contributed by atoms with Crippen LogP contribution in [-0.4, -0.2) is 254 Å². The van der Waals surface area contributed by atoms with Gasteiger partial charge in [-0.25, -0.2) is 4.79 Å². The number of esters is 1. The molecule has 692 valence electrons. The highest BCUT2D eigenvalue weighted by Gasteiger charge is 2.41. The van der Waals surface area contributed by atoms with Crippen LogP contribution in [0.5, 0.6) is 0 Å². The molecule has 5 aromatic rings. The molecular weight excluding hydrogens is 1680 g/mol. The van der Waals surface area contributed by atoms with Crippen molar-refractivity contribution in [3.63, 3.8) is 0 Å². The van der Waals surface area contributed by atoms with E-state index in [2.05, 4.69) is 70.4 Å². The number of aliphatic hydroxyl groups is 1. The predicted molar refractivity (Wildman–Crippen MR) is 452 cm³/mol. The van der Waals surface area contributed by atoms with Crippen molar-refractivity contribution in [2.24, 2.45) is 11.7 Å². The standard InChI is InChI=1S/C83H108N18O27/c1-5-6-7-8-9-10-11-26-62(105)93-53(31-45-37-88-51-24-17-15-20-46(45)51)76(120)96-54(33-61(86)104)77(121)98-57(36-68(114)115)78(122)101-71-43(4)128-83(127)58(32-60(103)48-22-14-16-23-49(48)84)99-82(126)70(41(2)30-65(108)109)100-79(123)59(40-102)94-64(107)38-89-73(117)55(34-66(110)111)95-72(116)42(3)91-75(119)56(35-67(112)113)97-74(118)52(92-63(106)39-90-81(71)125)25-18-29-87-80(124)69-47-21-13-12-19-44(47)27-28-50(69)85/h12-17,19-24,27-28,37,41-43,52-59,70-71,88,102H,5-11,18,25-26,29-36,38-40,84-85H2,1-4H3,(H2,86,104)(H,87,124)(H,89,117)(H,90,125)(H,91,119)(H,92,106)(H,93,105)(H,94,107)(H,95,116)(H,96,120)(H,97,118)(H,98,121)(H,99,126)(H,100,123)(H,101,122)(H,108,109)(H,110,111)(H,112,113)(H,114,115). The number of para-hydroxylation sites is 2. The van der Waals surface area contributed by atoms with Crippen molar-refractivity contribution >= 4 is 157 Å². The van der Waals surface area contributed by atoms with E-state index < -0.39 is 267 Å². The van der Waals surface area contributed by atoms with Crippen LogP contribution >= 0.6 is 0 Å². The lowest BCUT2D eigenvalue weighted by molar-refractivity contribution is -0.156. The smallest absolute Gasteiger partial charge is 0.329 e. The number of nitrogens with one attached hydrogen (secondary N) is 15. The molecule has 1 saturated heterocycles. The number of nitrogen functional groups attached to an aromatic ring is 2. The maximum absolute atomic E-state index is 15.0. The van der Waals surface area contributed by atoms with E-state index >= 15 is 9.59 Å². The fourth-order valence-corrected chi connectivity index (χ4v) is 13.6. The molecule has 13 atom stereocenters. The number of carboxylic acid groups (broad SMARTS) is 4. The van der Waals surface area contributed by atoms with Crippen LogP contribution in [0.3, 0.4) is 0 Å². The Kier molecular flexibility index (Phi) is 40.1. The Labute approximate surface area is 731 Å². The first-order valence-corrected chi connectivity index (χ1v) is 41.0. The topological polar surface area (TPSA) is 731 Å². The molecule has 45 heteroatoms. The number of aliphatic hydroxyl groups excluding tert-OH is 1. The molecule has 0 saturated carbocycles. The van der Waals surface area contributed by atoms with Gasteiger partial charge < -0.3 is 127 Å². The third kappa shape index (κ3) is 32.4. The molecule has 15 amide bonds. The number of fused-ring (bicyclic) bond motifs is 2. The Morgan fingerprint density at radius 3 is 1.70 bits per heavy atom. The number of benzene rings is 4. The van der Waals surface area contributed by atoms with Gasteiger partial charge in [-0.05, 0) is 79.6 Å². The van der Waals surface area contributed by atoms with Gasteiger partial charge in [-0.3, -0.25) is 95.9 Å². The van der Waals surface area contributed by atoms with Crippen molar-refractivity contribution in [2.75, 3.05) is 37.7 Å². The third-order valence-corrected chi connectivity index (χ3v) is 20.3. The van der Waals surface area contributed by atoms with Gasteiger partial charge in [-0.2, -0.15) is 0 Å². The molecule has 2 heterocycles. The van der Waals surface area contributed by atoms with Crippen LogP contribution in [0.1, 0.15) is 157 Å². The van der Waals surface area contributed by atoms with E-state index in [9.17, 15) is 117 Å². The number of carbonyl (C=O) groups is 21. The molecule has 0 radical (unpaired) electrons. The molecule has 26 N–H and O–H groups in total. The molecule has 6 rings (SSSR count). The average molecular weight is 1790 g/mol. The fourth-order valence-electron chi connectivity index (χ4n) is 13.6. The number of unbranched alkanes of at least 4 members (excludes halogenated alkanes) is 6. The van der Waals surface area contributed by atoms with Gasteiger partial charge >= 0.3 is 29.8 Å². The molecule has 13 unspecified atom stereocenters. The van der Waals surface area contributed by atoms with Crippen molar-refractivity contribution in [3.8, 4) is 0 Å². The maximum atomic E-state index is 15.0. The number of nitrogens with two attached hydrogens (primary N) is 3. The minimum Gasteiger partial charge on any atom is -0.481 e. The highest BCUT2D eigenvalue weighted by atomic mass is 16.5. The number of amides is 15. The fraction of sp³-hybridized carbons (Fsp3) is 0.458. The average Bonchev–Trinajstić information content (AvgIpc) is 0.887. The van der Waals surface area contributed by atoms with E-state index in [1.807, 2.05) is 16.0 Å².